The van der Waals surface area contributed by atoms with Crippen LogP contribution in [0.4, 0.5) is 0 Å². The van der Waals surface area contributed by atoms with Gasteiger partial charge in [-0.2, -0.15) is 0 Å². The molecule has 1 saturated heterocycles. The Morgan fingerprint density at radius 1 is 1.16 bits per heavy atom. The number of hydrogen-bond donors (Lipinski definition) is 0. The maximum absolute atomic E-state index is 12.6. The van der Waals surface area contributed by atoms with Gasteiger partial charge in [-0.3, -0.25) is 19.3 Å². The molecule has 0 radical (unpaired) electrons. The van der Waals surface area contributed by atoms with Gasteiger partial charge in [0.25, 0.3) is 0 Å². The minimum Gasteiger partial charge on any atom is -0.465 e. The van der Waals surface area contributed by atoms with Gasteiger partial charge in [-0.1, -0.05) is 0 Å². The molecule has 1 aliphatic heterocycles. The summed E-state index contributed by atoms with van der Waals surface area (Å²) in [4.78, 5) is 39.2. The normalized spacial score (nSPS) is 18.5. The van der Waals surface area contributed by atoms with Crippen molar-refractivity contribution >= 4 is 17.8 Å². The van der Waals surface area contributed by atoms with E-state index in [9.17, 15) is 14.4 Å². The van der Waals surface area contributed by atoms with Crippen LogP contribution in [0.3, 0.4) is 0 Å². The van der Waals surface area contributed by atoms with Gasteiger partial charge in [0.15, 0.2) is 0 Å². The topological polar surface area (TPSA) is 89.1 Å². The molecular weight excluding hydrogens is 328 g/mol. The van der Waals surface area contributed by atoms with Crippen LogP contribution in [0.2, 0.25) is 0 Å². The molecule has 25 heavy (non-hydrogen) atoms. The van der Waals surface area contributed by atoms with Crippen LogP contribution >= 0.6 is 0 Å². The van der Waals surface area contributed by atoms with Crippen LogP contribution in [0.25, 0.3) is 0 Å². The fourth-order valence-corrected chi connectivity index (χ4v) is 2.50. The van der Waals surface area contributed by atoms with E-state index in [2.05, 4.69) is 0 Å². The zero-order chi connectivity index (χ0) is 18.4. The summed E-state index contributed by atoms with van der Waals surface area (Å²) in [5.41, 5.74) is 0. The highest BCUT2D eigenvalue weighted by molar-refractivity contribution is 5.90. The van der Waals surface area contributed by atoms with Crippen molar-refractivity contribution in [1.29, 1.82) is 0 Å². The lowest BCUT2D eigenvalue weighted by Crippen LogP contribution is -2.43. The molecule has 1 aromatic rings. The van der Waals surface area contributed by atoms with E-state index in [0.29, 0.717) is 13.1 Å². The average Bonchev–Trinajstić information content (AvgIpc) is 3.19. The van der Waals surface area contributed by atoms with Crippen molar-refractivity contribution in [2.45, 2.75) is 33.4 Å². The van der Waals surface area contributed by atoms with E-state index in [0.717, 1.165) is 11.5 Å². The van der Waals surface area contributed by atoms with Crippen LogP contribution in [0.15, 0.2) is 16.5 Å². The quantitative estimate of drug-likeness (QED) is 0.478. The van der Waals surface area contributed by atoms with E-state index in [1.54, 1.807) is 13.8 Å². The molecule has 1 aromatic heterocycles. The van der Waals surface area contributed by atoms with Gasteiger partial charge in [0.2, 0.25) is 5.91 Å². The van der Waals surface area contributed by atoms with Crippen molar-refractivity contribution < 1.29 is 28.3 Å². The molecule has 1 aliphatic rings. The van der Waals surface area contributed by atoms with E-state index in [1.165, 1.54) is 4.90 Å². The fourth-order valence-electron chi connectivity index (χ4n) is 2.50. The number of hydrogen-bond acceptors (Lipinski definition) is 7. The Labute approximate surface area is 146 Å². The smallest absolute Gasteiger partial charge is 0.325 e. The predicted octanol–water partition coefficient (Wildman–Crippen LogP) is 0.727. The van der Waals surface area contributed by atoms with Crippen molar-refractivity contribution in [2.75, 3.05) is 32.8 Å². The summed E-state index contributed by atoms with van der Waals surface area (Å²) in [6, 6.07) is 3.36. The Morgan fingerprint density at radius 2 is 1.76 bits per heavy atom. The van der Waals surface area contributed by atoms with E-state index in [-0.39, 0.29) is 38.3 Å². The zero-order valence-electron chi connectivity index (χ0n) is 14.8. The van der Waals surface area contributed by atoms with Crippen LogP contribution in [-0.4, -0.2) is 66.5 Å². The third-order valence-electron chi connectivity index (χ3n) is 3.72. The van der Waals surface area contributed by atoms with E-state index >= 15 is 0 Å². The Hall–Kier alpha value is -2.35. The van der Waals surface area contributed by atoms with E-state index in [1.807, 2.05) is 24.0 Å². The summed E-state index contributed by atoms with van der Waals surface area (Å²) >= 11 is 0. The van der Waals surface area contributed by atoms with Gasteiger partial charge < -0.3 is 18.8 Å². The number of aryl methyl sites for hydroxylation is 1. The van der Waals surface area contributed by atoms with Gasteiger partial charge in [-0.25, -0.2) is 0 Å². The molecule has 8 heteroatoms. The minimum absolute atomic E-state index is 0.216. The third-order valence-corrected chi connectivity index (χ3v) is 3.72. The molecule has 2 rings (SSSR count). The van der Waals surface area contributed by atoms with Gasteiger partial charge in [0.05, 0.1) is 19.8 Å². The van der Waals surface area contributed by atoms with Gasteiger partial charge in [-0.15, -0.1) is 0 Å². The SMILES string of the molecule is CCOC(=O)CN(CC(=O)OCC)C(=O)C1CN1Cc1ccc(C)o1. The van der Waals surface area contributed by atoms with Crippen molar-refractivity contribution in [3.63, 3.8) is 0 Å². The lowest BCUT2D eigenvalue weighted by atomic mass is 10.3. The molecule has 8 nitrogen and oxygen atoms in total. The lowest BCUT2D eigenvalue weighted by Gasteiger charge is -2.20. The van der Waals surface area contributed by atoms with Gasteiger partial charge >= 0.3 is 11.9 Å². The van der Waals surface area contributed by atoms with Crippen LogP contribution in [0.1, 0.15) is 25.4 Å². The number of ether oxygens (including phenoxy) is 2. The van der Waals surface area contributed by atoms with Crippen molar-refractivity contribution in [3.8, 4) is 0 Å². The van der Waals surface area contributed by atoms with Crippen molar-refractivity contribution in [3.05, 3.63) is 23.7 Å². The summed E-state index contributed by atoms with van der Waals surface area (Å²) in [7, 11) is 0. The molecule has 0 aromatic carbocycles. The molecule has 2 unspecified atom stereocenters. The molecule has 0 N–H and O–H groups in total. The highest BCUT2D eigenvalue weighted by Crippen LogP contribution is 2.24. The number of carbonyl (C=O) groups is 3. The molecule has 1 fully saturated rings. The molecule has 2 atom stereocenters. The second kappa shape index (κ2) is 8.66. The average molecular weight is 352 g/mol. The summed E-state index contributed by atoms with van der Waals surface area (Å²) in [6.45, 7) is 6.19. The molecule has 0 bridgehead atoms. The maximum atomic E-state index is 12.6. The number of amides is 1. The van der Waals surface area contributed by atoms with Crippen LogP contribution in [0.5, 0.6) is 0 Å². The first-order chi connectivity index (χ1) is 11.9. The highest BCUT2D eigenvalue weighted by atomic mass is 16.5. The Balaban J connectivity index is 1.94. The fraction of sp³-hybridized carbons (Fsp3) is 0.588. The maximum Gasteiger partial charge on any atom is 0.325 e. The Kier molecular flexibility index (Phi) is 6.58. The first-order valence-electron chi connectivity index (χ1n) is 8.34. The zero-order valence-corrected chi connectivity index (χ0v) is 14.8. The molecule has 0 aliphatic carbocycles. The van der Waals surface area contributed by atoms with E-state index < -0.39 is 11.9 Å². The molecule has 1 amide bonds. The summed E-state index contributed by atoms with van der Waals surface area (Å²) in [6.07, 6.45) is 0. The number of furan rings is 1. The molecular formula is C17H24N2O6. The van der Waals surface area contributed by atoms with Crippen LogP contribution in [0, 0.1) is 6.92 Å². The first kappa shape index (κ1) is 19.0. The second-order valence-electron chi connectivity index (χ2n) is 5.76. The van der Waals surface area contributed by atoms with Crippen LogP contribution < -0.4 is 0 Å². The molecule has 2 heterocycles. The van der Waals surface area contributed by atoms with Crippen LogP contribution in [-0.2, 0) is 30.4 Å². The number of carbonyl (C=O) groups excluding carboxylic acids is 3. The van der Waals surface area contributed by atoms with Crippen molar-refractivity contribution in [2.24, 2.45) is 0 Å². The summed E-state index contributed by atoms with van der Waals surface area (Å²) in [5.74, 6) is 0.202. The second-order valence-corrected chi connectivity index (χ2v) is 5.76. The van der Waals surface area contributed by atoms with Gasteiger partial charge in [0.1, 0.15) is 30.7 Å². The number of esters is 2. The number of rotatable bonds is 9. The van der Waals surface area contributed by atoms with Crippen molar-refractivity contribution in [1.82, 2.24) is 9.80 Å². The van der Waals surface area contributed by atoms with E-state index in [4.69, 9.17) is 13.9 Å². The Morgan fingerprint density at radius 3 is 2.24 bits per heavy atom. The Bertz CT molecular complexity index is 606. The van der Waals surface area contributed by atoms with Gasteiger partial charge in [-0.05, 0) is 32.9 Å². The van der Waals surface area contributed by atoms with Gasteiger partial charge in [0, 0.05) is 6.54 Å². The monoisotopic (exact) mass is 352 g/mol. The summed E-state index contributed by atoms with van der Waals surface area (Å²) in [5, 5.41) is 0. The lowest BCUT2D eigenvalue weighted by molar-refractivity contribution is -0.154. The largest absolute Gasteiger partial charge is 0.465 e. The standard InChI is InChI=1S/C17H24N2O6/c1-4-23-15(20)10-19(11-16(21)24-5-2)17(22)14-9-18(14)8-13-7-6-12(3)25-13/h6-7,14H,4-5,8-11H2,1-3H3. The number of nitrogens with zero attached hydrogens (tertiary/aromatic N) is 2. The third kappa shape index (κ3) is 5.60. The predicted molar refractivity (Wildman–Crippen MR) is 87.5 cm³/mol. The summed E-state index contributed by atoms with van der Waals surface area (Å²) < 4.78 is 15.3. The minimum atomic E-state index is -0.547. The molecule has 138 valence electrons. The first-order valence-corrected chi connectivity index (χ1v) is 8.34. The molecule has 0 saturated carbocycles. The highest BCUT2D eigenvalue weighted by Gasteiger charge is 2.43. The molecule has 0 spiro atoms.